The van der Waals surface area contributed by atoms with Gasteiger partial charge in [0.15, 0.2) is 0 Å². The quantitative estimate of drug-likeness (QED) is 0.906. The van der Waals surface area contributed by atoms with Crippen molar-refractivity contribution in [3.8, 4) is 6.07 Å². The minimum atomic E-state index is -0.747. The zero-order chi connectivity index (χ0) is 14.5. The standard InChI is InChI=1S/C16H21NO2S/c1-15(2,3)13-7-5-11(20-13)14(18)16(9-17)8-10-4-6-12(16)19-10/h5,7,10,12,14,18H,4,6,8H2,1-3H3. The van der Waals surface area contributed by atoms with Crippen LogP contribution >= 0.6 is 11.3 Å². The number of hydrogen-bond acceptors (Lipinski definition) is 4. The van der Waals surface area contributed by atoms with E-state index in [2.05, 4.69) is 32.9 Å². The molecule has 0 aliphatic carbocycles. The Bertz CT molecular complexity index is 554. The van der Waals surface area contributed by atoms with Gasteiger partial charge in [-0.2, -0.15) is 5.26 Å². The molecule has 4 unspecified atom stereocenters. The summed E-state index contributed by atoms with van der Waals surface area (Å²) in [5.41, 5.74) is -0.670. The van der Waals surface area contributed by atoms with Crippen LogP contribution in [0.25, 0.3) is 0 Å². The fourth-order valence-corrected chi connectivity index (χ4v) is 4.52. The summed E-state index contributed by atoms with van der Waals surface area (Å²) in [6.45, 7) is 6.49. The highest BCUT2D eigenvalue weighted by molar-refractivity contribution is 7.12. The average Bonchev–Trinajstić information content (AvgIpc) is 3.11. The second-order valence-corrected chi connectivity index (χ2v) is 8.15. The van der Waals surface area contributed by atoms with Crippen LogP contribution in [0, 0.1) is 16.7 Å². The maximum atomic E-state index is 10.8. The summed E-state index contributed by atoms with van der Waals surface area (Å²) in [6.07, 6.45) is 1.91. The maximum Gasteiger partial charge on any atom is 0.117 e. The van der Waals surface area contributed by atoms with Gasteiger partial charge in [-0.25, -0.2) is 0 Å². The van der Waals surface area contributed by atoms with Crippen LogP contribution in [0.4, 0.5) is 0 Å². The van der Waals surface area contributed by atoms with Gasteiger partial charge >= 0.3 is 0 Å². The molecule has 2 saturated heterocycles. The molecule has 0 amide bonds. The summed E-state index contributed by atoms with van der Waals surface area (Å²) in [4.78, 5) is 2.14. The van der Waals surface area contributed by atoms with Gasteiger partial charge < -0.3 is 9.84 Å². The molecule has 1 aromatic rings. The van der Waals surface area contributed by atoms with E-state index < -0.39 is 11.5 Å². The number of fused-ring (bicyclic) bond motifs is 2. The van der Waals surface area contributed by atoms with Gasteiger partial charge in [0.1, 0.15) is 11.5 Å². The molecule has 3 rings (SSSR count). The van der Waals surface area contributed by atoms with E-state index in [1.807, 2.05) is 6.07 Å². The van der Waals surface area contributed by atoms with Gasteiger partial charge in [-0.05, 0) is 36.8 Å². The zero-order valence-electron chi connectivity index (χ0n) is 12.2. The van der Waals surface area contributed by atoms with Crippen molar-refractivity contribution in [1.82, 2.24) is 0 Å². The molecule has 4 atom stereocenters. The van der Waals surface area contributed by atoms with Crippen LogP contribution in [0.3, 0.4) is 0 Å². The molecule has 3 heterocycles. The zero-order valence-corrected chi connectivity index (χ0v) is 13.0. The molecule has 0 saturated carbocycles. The highest BCUT2D eigenvalue weighted by Crippen LogP contribution is 2.54. The van der Waals surface area contributed by atoms with Crippen molar-refractivity contribution in [3.63, 3.8) is 0 Å². The number of nitrogens with zero attached hydrogens (tertiary/aromatic N) is 1. The minimum Gasteiger partial charge on any atom is -0.386 e. The fourth-order valence-electron chi connectivity index (χ4n) is 3.37. The molecule has 1 aromatic heterocycles. The van der Waals surface area contributed by atoms with Gasteiger partial charge in [0.05, 0.1) is 18.3 Å². The van der Waals surface area contributed by atoms with Crippen molar-refractivity contribution in [2.24, 2.45) is 5.41 Å². The minimum absolute atomic E-state index is 0.0770. The maximum absolute atomic E-state index is 10.8. The molecule has 0 spiro atoms. The van der Waals surface area contributed by atoms with Crippen LogP contribution in [0.5, 0.6) is 0 Å². The molecule has 2 aliphatic heterocycles. The van der Waals surface area contributed by atoms with Gasteiger partial charge in [0.2, 0.25) is 0 Å². The van der Waals surface area contributed by atoms with E-state index >= 15 is 0 Å². The van der Waals surface area contributed by atoms with E-state index in [1.54, 1.807) is 11.3 Å². The van der Waals surface area contributed by atoms with Crippen LogP contribution in [-0.4, -0.2) is 17.3 Å². The molecule has 2 fully saturated rings. The lowest BCUT2D eigenvalue weighted by Crippen LogP contribution is -2.36. The van der Waals surface area contributed by atoms with Crippen LogP contribution < -0.4 is 0 Å². The Labute approximate surface area is 124 Å². The lowest BCUT2D eigenvalue weighted by molar-refractivity contribution is 0.00526. The molecule has 2 aliphatic rings. The first-order chi connectivity index (χ1) is 9.37. The lowest BCUT2D eigenvalue weighted by Gasteiger charge is -2.32. The van der Waals surface area contributed by atoms with Crippen molar-refractivity contribution in [2.75, 3.05) is 0 Å². The number of thiophene rings is 1. The van der Waals surface area contributed by atoms with E-state index in [1.165, 1.54) is 4.88 Å². The third kappa shape index (κ3) is 2.00. The van der Waals surface area contributed by atoms with E-state index in [9.17, 15) is 10.4 Å². The normalized spacial score (nSPS) is 34.1. The molecule has 108 valence electrons. The van der Waals surface area contributed by atoms with Gasteiger partial charge in [-0.15, -0.1) is 11.3 Å². The molecule has 4 heteroatoms. The molecular formula is C16H21NO2S. The predicted molar refractivity (Wildman–Crippen MR) is 78.5 cm³/mol. The number of aliphatic hydroxyl groups excluding tert-OH is 1. The second-order valence-electron chi connectivity index (χ2n) is 7.03. The van der Waals surface area contributed by atoms with Crippen LogP contribution in [-0.2, 0) is 10.2 Å². The number of nitriles is 1. The van der Waals surface area contributed by atoms with Gasteiger partial charge in [-0.1, -0.05) is 20.8 Å². The predicted octanol–water partition coefficient (Wildman–Crippen LogP) is 3.54. The largest absolute Gasteiger partial charge is 0.386 e. The van der Waals surface area contributed by atoms with Crippen molar-refractivity contribution >= 4 is 11.3 Å². The Hall–Kier alpha value is -0.890. The summed E-state index contributed by atoms with van der Waals surface area (Å²) in [5.74, 6) is 0. The third-order valence-corrected chi connectivity index (χ3v) is 6.14. The first-order valence-corrected chi connectivity index (χ1v) is 8.03. The SMILES string of the molecule is CC(C)(C)c1ccc(C(O)C2(C#N)CC3CCC2O3)s1. The summed E-state index contributed by atoms with van der Waals surface area (Å²) < 4.78 is 5.82. The summed E-state index contributed by atoms with van der Waals surface area (Å²) in [5, 5.41) is 20.4. The molecule has 3 nitrogen and oxygen atoms in total. The van der Waals surface area contributed by atoms with E-state index in [0.29, 0.717) is 6.42 Å². The third-order valence-electron chi connectivity index (χ3n) is 4.58. The Morgan fingerprint density at radius 1 is 1.45 bits per heavy atom. The Kier molecular flexibility index (Phi) is 3.20. The van der Waals surface area contributed by atoms with E-state index in [4.69, 9.17) is 4.74 Å². The Morgan fingerprint density at radius 2 is 2.20 bits per heavy atom. The molecule has 20 heavy (non-hydrogen) atoms. The first kappa shape index (κ1) is 14.1. The smallest absolute Gasteiger partial charge is 0.117 e. The average molecular weight is 291 g/mol. The van der Waals surface area contributed by atoms with Crippen LogP contribution in [0.1, 0.15) is 55.9 Å². The number of rotatable bonds is 2. The van der Waals surface area contributed by atoms with E-state index in [-0.39, 0.29) is 17.6 Å². The molecule has 2 bridgehead atoms. The highest BCUT2D eigenvalue weighted by Gasteiger charge is 2.57. The highest BCUT2D eigenvalue weighted by atomic mass is 32.1. The second kappa shape index (κ2) is 4.56. The van der Waals surface area contributed by atoms with Gasteiger partial charge in [0, 0.05) is 9.75 Å². The fraction of sp³-hybridized carbons (Fsp3) is 0.688. The Balaban J connectivity index is 1.90. The number of hydrogen-bond donors (Lipinski definition) is 1. The molecule has 1 N–H and O–H groups in total. The summed E-state index contributed by atoms with van der Waals surface area (Å²) in [7, 11) is 0. The van der Waals surface area contributed by atoms with Gasteiger partial charge in [-0.3, -0.25) is 0 Å². The topological polar surface area (TPSA) is 53.2 Å². The molecule has 0 radical (unpaired) electrons. The number of aliphatic hydroxyl groups is 1. The summed E-state index contributed by atoms with van der Waals surface area (Å²) >= 11 is 1.62. The van der Waals surface area contributed by atoms with Crippen molar-refractivity contribution in [2.45, 2.75) is 63.8 Å². The van der Waals surface area contributed by atoms with Gasteiger partial charge in [0.25, 0.3) is 0 Å². The first-order valence-electron chi connectivity index (χ1n) is 7.22. The lowest BCUT2D eigenvalue weighted by atomic mass is 9.70. The molecular weight excluding hydrogens is 270 g/mol. The summed E-state index contributed by atoms with van der Waals surface area (Å²) in [6, 6.07) is 6.43. The van der Waals surface area contributed by atoms with E-state index in [0.717, 1.165) is 17.7 Å². The van der Waals surface area contributed by atoms with Crippen molar-refractivity contribution in [3.05, 3.63) is 21.9 Å². The molecule has 0 aromatic carbocycles. The monoisotopic (exact) mass is 291 g/mol. The van der Waals surface area contributed by atoms with Crippen molar-refractivity contribution < 1.29 is 9.84 Å². The van der Waals surface area contributed by atoms with Crippen LogP contribution in [0.15, 0.2) is 12.1 Å². The van der Waals surface area contributed by atoms with Crippen LogP contribution in [0.2, 0.25) is 0 Å². The number of ether oxygens (including phenoxy) is 1. The van der Waals surface area contributed by atoms with Crippen molar-refractivity contribution in [1.29, 1.82) is 5.26 Å². The Morgan fingerprint density at radius 3 is 2.65 bits per heavy atom.